The average Bonchev–Trinajstić information content (AvgIpc) is 2.73. The Bertz CT molecular complexity index is 909. The average molecular weight is 392 g/mol. The third kappa shape index (κ3) is 3.55. The van der Waals surface area contributed by atoms with Crippen LogP contribution in [0.15, 0.2) is 54.6 Å². The number of carbonyl (C=O) groups is 2. The second kappa shape index (κ2) is 7.64. The Hall–Kier alpha value is -2.66. The highest BCUT2D eigenvalue weighted by Gasteiger charge is 2.44. The van der Waals surface area contributed by atoms with Crippen LogP contribution in [0.25, 0.3) is 0 Å². The van der Waals surface area contributed by atoms with Crippen molar-refractivity contribution in [3.05, 3.63) is 65.7 Å². The molecule has 5 nitrogen and oxygen atoms in total. The summed E-state index contributed by atoms with van der Waals surface area (Å²) in [6, 6.07) is 18.4. The molecule has 4 rings (SSSR count). The molecule has 0 spiro atoms. The maximum Gasteiger partial charge on any atom is 0.260 e. The molecular weight excluding hydrogens is 362 g/mol. The van der Waals surface area contributed by atoms with Crippen LogP contribution < -0.4 is 4.90 Å². The molecule has 2 amide bonds. The van der Waals surface area contributed by atoms with E-state index in [0.717, 1.165) is 25.2 Å². The number of amides is 2. The lowest BCUT2D eigenvalue weighted by molar-refractivity contribution is -0.134. The number of benzene rings is 2. The molecule has 0 aliphatic carbocycles. The molecule has 0 saturated carbocycles. The Kier molecular flexibility index (Phi) is 5.17. The van der Waals surface area contributed by atoms with Gasteiger partial charge >= 0.3 is 0 Å². The van der Waals surface area contributed by atoms with Crippen LogP contribution in [0, 0.1) is 0 Å². The van der Waals surface area contributed by atoms with Gasteiger partial charge in [-0.2, -0.15) is 0 Å². The first kappa shape index (κ1) is 19.6. The monoisotopic (exact) mass is 391 g/mol. The van der Waals surface area contributed by atoms with Gasteiger partial charge in [-0.25, -0.2) is 0 Å². The molecule has 0 N–H and O–H groups in total. The Morgan fingerprint density at radius 2 is 1.62 bits per heavy atom. The second-order valence-electron chi connectivity index (χ2n) is 8.61. The van der Waals surface area contributed by atoms with Gasteiger partial charge in [-0.05, 0) is 44.5 Å². The summed E-state index contributed by atoms with van der Waals surface area (Å²) in [4.78, 5) is 32.3. The van der Waals surface area contributed by atoms with Crippen molar-refractivity contribution in [2.45, 2.75) is 32.2 Å². The van der Waals surface area contributed by atoms with Crippen LogP contribution in [-0.4, -0.2) is 60.4 Å². The lowest BCUT2D eigenvalue weighted by atomic mass is 9.77. The normalized spacial score (nSPS) is 22.0. The first-order valence-electron chi connectivity index (χ1n) is 10.4. The fourth-order valence-corrected chi connectivity index (χ4v) is 4.59. The quantitative estimate of drug-likeness (QED) is 0.751. The van der Waals surface area contributed by atoms with E-state index in [4.69, 9.17) is 0 Å². The van der Waals surface area contributed by atoms with Crippen molar-refractivity contribution in [2.75, 3.05) is 37.6 Å². The zero-order valence-corrected chi connectivity index (χ0v) is 17.5. The minimum atomic E-state index is -0.677. The number of hydrogen-bond donors (Lipinski definition) is 0. The number of piperazine rings is 1. The molecule has 1 unspecified atom stereocenters. The summed E-state index contributed by atoms with van der Waals surface area (Å²) in [5, 5.41) is 0. The largest absolute Gasteiger partial charge is 0.366 e. The summed E-state index contributed by atoms with van der Waals surface area (Å²) in [6.07, 6.45) is 0. The van der Waals surface area contributed by atoms with E-state index in [1.807, 2.05) is 44.2 Å². The fraction of sp³-hybridized carbons (Fsp3) is 0.417. The SMILES string of the molecule is CC1CN(CCN2C(=O)c3ccccc3C(C)(C)C2=O)CCN1c1ccccc1. The van der Waals surface area contributed by atoms with E-state index >= 15 is 0 Å². The van der Waals surface area contributed by atoms with E-state index in [1.165, 1.54) is 10.6 Å². The van der Waals surface area contributed by atoms with Gasteiger partial charge in [0.2, 0.25) is 5.91 Å². The predicted molar refractivity (Wildman–Crippen MR) is 115 cm³/mol. The summed E-state index contributed by atoms with van der Waals surface area (Å²) in [7, 11) is 0. The molecule has 1 atom stereocenters. The van der Waals surface area contributed by atoms with Gasteiger partial charge in [0.15, 0.2) is 0 Å². The van der Waals surface area contributed by atoms with Crippen molar-refractivity contribution >= 4 is 17.5 Å². The first-order chi connectivity index (χ1) is 13.9. The van der Waals surface area contributed by atoms with Gasteiger partial charge in [0.05, 0.1) is 5.41 Å². The van der Waals surface area contributed by atoms with E-state index in [1.54, 1.807) is 0 Å². The highest BCUT2D eigenvalue weighted by molar-refractivity contribution is 6.12. The lowest BCUT2D eigenvalue weighted by Gasteiger charge is -2.42. The minimum absolute atomic E-state index is 0.0998. The molecule has 2 aromatic carbocycles. The van der Waals surface area contributed by atoms with E-state index < -0.39 is 5.41 Å². The smallest absolute Gasteiger partial charge is 0.260 e. The maximum absolute atomic E-state index is 13.1. The van der Waals surface area contributed by atoms with Gasteiger partial charge in [-0.1, -0.05) is 36.4 Å². The Balaban J connectivity index is 1.42. The molecule has 0 radical (unpaired) electrons. The predicted octanol–water partition coefficient (Wildman–Crippen LogP) is 3.16. The molecule has 1 saturated heterocycles. The summed E-state index contributed by atoms with van der Waals surface area (Å²) < 4.78 is 0. The highest BCUT2D eigenvalue weighted by atomic mass is 16.2. The van der Waals surface area contributed by atoms with Crippen LogP contribution in [-0.2, 0) is 10.2 Å². The van der Waals surface area contributed by atoms with Crippen LogP contribution in [0.2, 0.25) is 0 Å². The summed E-state index contributed by atoms with van der Waals surface area (Å²) in [6.45, 7) is 10.00. The Morgan fingerprint density at radius 3 is 2.34 bits per heavy atom. The van der Waals surface area contributed by atoms with Gasteiger partial charge in [-0.3, -0.25) is 19.4 Å². The van der Waals surface area contributed by atoms with E-state index in [-0.39, 0.29) is 11.8 Å². The van der Waals surface area contributed by atoms with Gasteiger partial charge in [0, 0.05) is 50.0 Å². The molecular formula is C24H29N3O2. The number of rotatable bonds is 4. The van der Waals surface area contributed by atoms with Gasteiger partial charge in [0.25, 0.3) is 5.91 Å². The van der Waals surface area contributed by atoms with E-state index in [2.05, 4.69) is 41.0 Å². The first-order valence-corrected chi connectivity index (χ1v) is 10.4. The van der Waals surface area contributed by atoms with Crippen LogP contribution in [0.3, 0.4) is 0 Å². The molecule has 2 aliphatic rings. The molecule has 2 aromatic rings. The minimum Gasteiger partial charge on any atom is -0.366 e. The van der Waals surface area contributed by atoms with Crippen LogP contribution in [0.4, 0.5) is 5.69 Å². The Morgan fingerprint density at radius 1 is 0.931 bits per heavy atom. The van der Waals surface area contributed by atoms with Crippen molar-refractivity contribution in [2.24, 2.45) is 0 Å². The van der Waals surface area contributed by atoms with E-state index in [0.29, 0.717) is 24.7 Å². The summed E-state index contributed by atoms with van der Waals surface area (Å²) >= 11 is 0. The third-order valence-electron chi connectivity index (χ3n) is 6.30. The van der Waals surface area contributed by atoms with Crippen molar-refractivity contribution in [3.8, 4) is 0 Å². The number of fused-ring (bicyclic) bond motifs is 1. The van der Waals surface area contributed by atoms with Crippen LogP contribution in [0.5, 0.6) is 0 Å². The number of nitrogens with zero attached hydrogens (tertiary/aromatic N) is 3. The van der Waals surface area contributed by atoms with Crippen molar-refractivity contribution in [3.63, 3.8) is 0 Å². The van der Waals surface area contributed by atoms with Crippen LogP contribution in [0.1, 0.15) is 36.7 Å². The lowest BCUT2D eigenvalue weighted by Crippen LogP contribution is -2.56. The van der Waals surface area contributed by atoms with Crippen molar-refractivity contribution in [1.29, 1.82) is 0 Å². The maximum atomic E-state index is 13.1. The number of hydrogen-bond acceptors (Lipinski definition) is 4. The molecule has 0 aromatic heterocycles. The van der Waals surface area contributed by atoms with Crippen LogP contribution >= 0.6 is 0 Å². The summed E-state index contributed by atoms with van der Waals surface area (Å²) in [5.41, 5.74) is 2.05. The van der Waals surface area contributed by atoms with Gasteiger partial charge in [0.1, 0.15) is 0 Å². The fourth-order valence-electron chi connectivity index (χ4n) is 4.59. The zero-order valence-electron chi connectivity index (χ0n) is 17.5. The molecule has 152 valence electrons. The number of carbonyl (C=O) groups excluding carboxylic acids is 2. The summed E-state index contributed by atoms with van der Waals surface area (Å²) in [5.74, 6) is -0.266. The van der Waals surface area contributed by atoms with Gasteiger partial charge < -0.3 is 4.90 Å². The number of anilines is 1. The third-order valence-corrected chi connectivity index (χ3v) is 6.30. The highest BCUT2D eigenvalue weighted by Crippen LogP contribution is 2.34. The number of para-hydroxylation sites is 1. The molecule has 29 heavy (non-hydrogen) atoms. The zero-order chi connectivity index (χ0) is 20.6. The second-order valence-corrected chi connectivity index (χ2v) is 8.61. The molecule has 1 fully saturated rings. The van der Waals surface area contributed by atoms with Crippen molar-refractivity contribution in [1.82, 2.24) is 9.80 Å². The van der Waals surface area contributed by atoms with E-state index in [9.17, 15) is 9.59 Å². The van der Waals surface area contributed by atoms with Gasteiger partial charge in [-0.15, -0.1) is 0 Å². The molecule has 2 heterocycles. The molecule has 2 aliphatic heterocycles. The molecule has 0 bridgehead atoms. The number of imide groups is 1. The topological polar surface area (TPSA) is 43.9 Å². The standard InChI is InChI=1S/C24H29N3O2/c1-18-17-25(13-15-26(18)19-9-5-4-6-10-19)14-16-27-22(28)20-11-7-8-12-21(20)24(2,3)23(27)29/h4-12,18H,13-17H2,1-3H3. The van der Waals surface area contributed by atoms with Crippen molar-refractivity contribution < 1.29 is 9.59 Å². The Labute approximate surface area is 172 Å². The molecule has 5 heteroatoms.